The lowest BCUT2D eigenvalue weighted by Gasteiger charge is -2.09. The normalized spacial score (nSPS) is 10.4. The van der Waals surface area contributed by atoms with Crippen molar-refractivity contribution in [1.29, 1.82) is 5.26 Å². The van der Waals surface area contributed by atoms with Crippen LogP contribution in [-0.4, -0.2) is 26.9 Å². The number of methoxy groups -OCH3 is 2. The maximum absolute atomic E-state index is 11.2. The van der Waals surface area contributed by atoms with Crippen LogP contribution in [-0.2, 0) is 4.74 Å². The molecule has 0 aliphatic carbocycles. The lowest BCUT2D eigenvalue weighted by Crippen LogP contribution is -2.18. The van der Waals surface area contributed by atoms with Crippen molar-refractivity contribution in [3.63, 3.8) is 0 Å². The van der Waals surface area contributed by atoms with Crippen molar-refractivity contribution in [3.05, 3.63) is 30.0 Å². The number of carbonyl (C=O) groups is 1. The summed E-state index contributed by atoms with van der Waals surface area (Å²) in [6, 6.07) is 7.03. The third-order valence-corrected chi connectivity index (χ3v) is 2.42. The first-order valence-corrected chi connectivity index (χ1v) is 5.92. The van der Waals surface area contributed by atoms with Gasteiger partial charge in [-0.1, -0.05) is 0 Å². The summed E-state index contributed by atoms with van der Waals surface area (Å²) in [5.74, 6) is 1.06. The summed E-state index contributed by atoms with van der Waals surface area (Å²) in [5.41, 5.74) is 0.876. The van der Waals surface area contributed by atoms with E-state index in [1.807, 2.05) is 6.07 Å². The highest BCUT2D eigenvalue weighted by Crippen LogP contribution is 2.29. The molecule has 20 heavy (non-hydrogen) atoms. The Morgan fingerprint density at radius 1 is 1.35 bits per heavy atom. The van der Waals surface area contributed by atoms with E-state index in [2.05, 4.69) is 5.32 Å². The average Bonchev–Trinajstić information content (AvgIpc) is 2.47. The predicted octanol–water partition coefficient (Wildman–Crippen LogP) is 2.31. The summed E-state index contributed by atoms with van der Waals surface area (Å²) in [6.07, 6.45) is 0.680. The molecule has 0 bridgehead atoms. The molecule has 1 aromatic rings. The van der Waals surface area contributed by atoms with Crippen molar-refractivity contribution in [2.75, 3.05) is 20.8 Å². The minimum atomic E-state index is -0.610. The number of nitrogens with zero attached hydrogens (tertiary/aromatic N) is 1. The standard InChI is InChI=1S/C14H16N2O4/c1-4-20-14(17)16-9-11(8-15)10-5-6-12(18-2)13(7-10)19-3/h5-7,9H,4H2,1-3H3,(H,16,17)/b11-9-. The van der Waals surface area contributed by atoms with Crippen molar-refractivity contribution < 1.29 is 19.0 Å². The van der Waals surface area contributed by atoms with Gasteiger partial charge in [-0.15, -0.1) is 0 Å². The third-order valence-electron chi connectivity index (χ3n) is 2.42. The first kappa shape index (κ1) is 15.4. The van der Waals surface area contributed by atoms with Gasteiger partial charge < -0.3 is 14.2 Å². The van der Waals surface area contributed by atoms with Gasteiger partial charge in [0.2, 0.25) is 0 Å². The fourth-order valence-electron chi connectivity index (χ4n) is 1.49. The van der Waals surface area contributed by atoms with Gasteiger partial charge in [0.1, 0.15) is 6.07 Å². The SMILES string of the molecule is CCOC(=O)N/C=C(/C#N)c1ccc(OC)c(OC)c1. The summed E-state index contributed by atoms with van der Waals surface area (Å²) >= 11 is 0. The van der Waals surface area contributed by atoms with Gasteiger partial charge in [0.05, 0.1) is 26.4 Å². The van der Waals surface area contributed by atoms with E-state index in [4.69, 9.17) is 19.5 Å². The summed E-state index contributed by atoms with van der Waals surface area (Å²) in [4.78, 5) is 11.2. The lowest BCUT2D eigenvalue weighted by molar-refractivity contribution is 0.156. The molecule has 0 aromatic heterocycles. The quantitative estimate of drug-likeness (QED) is 0.835. The number of nitrogens with one attached hydrogen (secondary N) is 1. The van der Waals surface area contributed by atoms with E-state index in [1.165, 1.54) is 20.4 Å². The molecular formula is C14H16N2O4. The second-order valence-electron chi connectivity index (χ2n) is 3.60. The topological polar surface area (TPSA) is 80.6 Å². The number of carbonyl (C=O) groups excluding carboxylic acids is 1. The fraction of sp³-hybridized carbons (Fsp3) is 0.286. The molecule has 1 aromatic carbocycles. The van der Waals surface area contributed by atoms with Gasteiger partial charge in [-0.2, -0.15) is 5.26 Å². The van der Waals surface area contributed by atoms with Crippen LogP contribution >= 0.6 is 0 Å². The van der Waals surface area contributed by atoms with Crippen LogP contribution in [0.3, 0.4) is 0 Å². The molecule has 106 valence electrons. The molecule has 0 saturated heterocycles. The van der Waals surface area contributed by atoms with Gasteiger partial charge in [0.15, 0.2) is 11.5 Å². The van der Waals surface area contributed by atoms with Crippen LogP contribution in [0.1, 0.15) is 12.5 Å². The van der Waals surface area contributed by atoms with Gasteiger partial charge in [0.25, 0.3) is 0 Å². The molecule has 6 heteroatoms. The molecule has 0 aliphatic heterocycles. The van der Waals surface area contributed by atoms with Crippen molar-refractivity contribution in [3.8, 4) is 17.6 Å². The van der Waals surface area contributed by atoms with Gasteiger partial charge in [-0.25, -0.2) is 4.79 Å². The molecule has 0 fully saturated rings. The van der Waals surface area contributed by atoms with Gasteiger partial charge in [-0.05, 0) is 30.7 Å². The monoisotopic (exact) mass is 276 g/mol. The maximum Gasteiger partial charge on any atom is 0.411 e. The van der Waals surface area contributed by atoms with E-state index in [1.54, 1.807) is 25.1 Å². The number of rotatable bonds is 5. The second-order valence-corrected chi connectivity index (χ2v) is 3.60. The van der Waals surface area contributed by atoms with Crippen LogP contribution in [0, 0.1) is 11.3 Å². The number of allylic oxidation sites excluding steroid dienone is 1. The molecule has 0 saturated carbocycles. The molecule has 0 spiro atoms. The Labute approximate surface area is 117 Å². The van der Waals surface area contributed by atoms with Gasteiger partial charge in [0, 0.05) is 6.20 Å². The molecule has 0 unspecified atom stereocenters. The van der Waals surface area contributed by atoms with E-state index in [0.717, 1.165) is 0 Å². The highest BCUT2D eigenvalue weighted by Gasteiger charge is 2.08. The lowest BCUT2D eigenvalue weighted by atomic mass is 10.1. The average molecular weight is 276 g/mol. The number of alkyl carbamates (subject to hydrolysis) is 1. The number of nitriles is 1. The molecule has 0 radical (unpaired) electrons. The maximum atomic E-state index is 11.2. The molecule has 0 aliphatic rings. The third kappa shape index (κ3) is 3.92. The van der Waals surface area contributed by atoms with E-state index in [9.17, 15) is 4.79 Å². The molecule has 6 nitrogen and oxygen atoms in total. The molecule has 1 amide bonds. The van der Waals surface area contributed by atoms with Crippen molar-refractivity contribution in [2.45, 2.75) is 6.92 Å². The molecular weight excluding hydrogens is 260 g/mol. The van der Waals surface area contributed by atoms with Crippen LogP contribution in [0.15, 0.2) is 24.4 Å². The zero-order valence-corrected chi connectivity index (χ0v) is 11.6. The molecule has 1 rings (SSSR count). The zero-order valence-electron chi connectivity index (χ0n) is 11.6. The minimum absolute atomic E-state index is 0.262. The molecule has 0 heterocycles. The molecule has 1 N–H and O–H groups in total. The largest absolute Gasteiger partial charge is 0.493 e. The first-order valence-electron chi connectivity index (χ1n) is 5.92. The summed E-state index contributed by atoms with van der Waals surface area (Å²) in [6.45, 7) is 1.96. The molecule has 0 atom stereocenters. The highest BCUT2D eigenvalue weighted by atomic mass is 16.5. The van der Waals surface area contributed by atoms with Crippen molar-refractivity contribution in [2.24, 2.45) is 0 Å². The summed E-state index contributed by atoms with van der Waals surface area (Å²) in [5, 5.41) is 11.5. The Kier molecular flexibility index (Phi) is 5.91. The number of hydrogen-bond donors (Lipinski definition) is 1. The zero-order chi connectivity index (χ0) is 15.0. The van der Waals surface area contributed by atoms with E-state index in [-0.39, 0.29) is 12.2 Å². The summed E-state index contributed by atoms with van der Waals surface area (Å²) in [7, 11) is 3.04. The Hall–Kier alpha value is -2.68. The Morgan fingerprint density at radius 2 is 2.05 bits per heavy atom. The Morgan fingerprint density at radius 3 is 2.60 bits per heavy atom. The van der Waals surface area contributed by atoms with E-state index >= 15 is 0 Å². The van der Waals surface area contributed by atoms with Crippen LogP contribution < -0.4 is 14.8 Å². The van der Waals surface area contributed by atoms with Gasteiger partial charge >= 0.3 is 6.09 Å². The van der Waals surface area contributed by atoms with Gasteiger partial charge in [-0.3, -0.25) is 5.32 Å². The Bertz CT molecular complexity index is 547. The first-order chi connectivity index (χ1) is 9.65. The minimum Gasteiger partial charge on any atom is -0.493 e. The number of amides is 1. The van der Waals surface area contributed by atoms with Crippen LogP contribution in [0.25, 0.3) is 5.57 Å². The Balaban J connectivity index is 2.98. The van der Waals surface area contributed by atoms with Crippen molar-refractivity contribution in [1.82, 2.24) is 5.32 Å². The van der Waals surface area contributed by atoms with E-state index in [0.29, 0.717) is 17.1 Å². The van der Waals surface area contributed by atoms with Crippen LogP contribution in [0.4, 0.5) is 4.79 Å². The smallest absolute Gasteiger partial charge is 0.411 e. The predicted molar refractivity (Wildman–Crippen MR) is 73.3 cm³/mol. The van der Waals surface area contributed by atoms with Crippen LogP contribution in [0.5, 0.6) is 11.5 Å². The number of hydrogen-bond acceptors (Lipinski definition) is 5. The highest BCUT2D eigenvalue weighted by molar-refractivity contribution is 5.80. The van der Waals surface area contributed by atoms with Crippen LogP contribution in [0.2, 0.25) is 0 Å². The summed E-state index contributed by atoms with van der Waals surface area (Å²) < 4.78 is 15.0. The number of ether oxygens (including phenoxy) is 3. The number of benzene rings is 1. The van der Waals surface area contributed by atoms with E-state index < -0.39 is 6.09 Å². The fourth-order valence-corrected chi connectivity index (χ4v) is 1.49. The second kappa shape index (κ2) is 7.69. The van der Waals surface area contributed by atoms with Crippen molar-refractivity contribution >= 4 is 11.7 Å².